The van der Waals surface area contributed by atoms with Crippen LogP contribution in [-0.2, 0) is 11.3 Å². The summed E-state index contributed by atoms with van der Waals surface area (Å²) in [6.07, 6.45) is 1.74. The van der Waals surface area contributed by atoms with Gasteiger partial charge >= 0.3 is 5.97 Å². The summed E-state index contributed by atoms with van der Waals surface area (Å²) in [4.78, 5) is 11.8. The summed E-state index contributed by atoms with van der Waals surface area (Å²) in [7, 11) is 1.27. The number of rotatable bonds is 5. The van der Waals surface area contributed by atoms with Crippen molar-refractivity contribution in [3.05, 3.63) is 63.9 Å². The van der Waals surface area contributed by atoms with Gasteiger partial charge in [0, 0.05) is 10.6 Å². The van der Waals surface area contributed by atoms with E-state index in [9.17, 15) is 9.90 Å². The van der Waals surface area contributed by atoms with Crippen LogP contribution in [0.15, 0.2) is 36.5 Å². The van der Waals surface area contributed by atoms with Crippen molar-refractivity contribution in [3.8, 4) is 17.2 Å². The third-order valence-corrected chi connectivity index (χ3v) is 4.35. The van der Waals surface area contributed by atoms with Crippen LogP contribution in [0.1, 0.15) is 27.2 Å². The highest BCUT2D eigenvalue weighted by Gasteiger charge is 2.20. The Hall–Kier alpha value is -3.06. The molecule has 0 bridgehead atoms. The molecule has 0 amide bonds. The van der Waals surface area contributed by atoms with Gasteiger partial charge < -0.3 is 14.6 Å². The molecular weight excluding hydrogens is 370 g/mol. The van der Waals surface area contributed by atoms with Crippen LogP contribution in [0, 0.1) is 13.8 Å². The Morgan fingerprint density at radius 3 is 2.63 bits per heavy atom. The van der Waals surface area contributed by atoms with Crippen LogP contribution >= 0.6 is 11.6 Å². The number of phenolic OH excluding ortho intramolecular Hbond substituents is 1. The molecule has 0 aliphatic carbocycles. The van der Waals surface area contributed by atoms with E-state index in [4.69, 9.17) is 21.1 Å². The summed E-state index contributed by atoms with van der Waals surface area (Å²) in [6, 6.07) is 8.89. The van der Waals surface area contributed by atoms with Gasteiger partial charge in [0.25, 0.3) is 0 Å². The monoisotopic (exact) mass is 387 g/mol. The van der Waals surface area contributed by atoms with Crippen molar-refractivity contribution in [1.82, 2.24) is 15.0 Å². The van der Waals surface area contributed by atoms with Crippen molar-refractivity contribution in [1.29, 1.82) is 0 Å². The highest BCUT2D eigenvalue weighted by molar-refractivity contribution is 6.30. The molecule has 3 aromatic rings. The SMILES string of the molecule is COC(=O)c1c(C)cc(OCc2cn(-c3ccc(Cl)cc3)nn2)c(C)c1O. The normalized spacial score (nSPS) is 10.7. The van der Waals surface area contributed by atoms with Crippen molar-refractivity contribution in [2.45, 2.75) is 20.5 Å². The van der Waals surface area contributed by atoms with Gasteiger partial charge in [0.2, 0.25) is 0 Å². The lowest BCUT2D eigenvalue weighted by molar-refractivity contribution is 0.0596. The van der Waals surface area contributed by atoms with Crippen LogP contribution in [0.3, 0.4) is 0 Å². The van der Waals surface area contributed by atoms with E-state index in [1.807, 2.05) is 12.1 Å². The zero-order chi connectivity index (χ0) is 19.6. The molecule has 0 aliphatic rings. The Morgan fingerprint density at radius 2 is 1.96 bits per heavy atom. The maximum absolute atomic E-state index is 11.8. The number of benzene rings is 2. The number of hydrogen-bond acceptors (Lipinski definition) is 6. The number of carbonyl (C=O) groups is 1. The number of ether oxygens (including phenoxy) is 2. The third-order valence-electron chi connectivity index (χ3n) is 4.10. The average molecular weight is 388 g/mol. The molecule has 0 unspecified atom stereocenters. The Kier molecular flexibility index (Phi) is 5.32. The molecule has 0 atom stereocenters. The Labute approximate surface area is 161 Å². The van der Waals surface area contributed by atoms with Gasteiger partial charge in [-0.05, 0) is 49.7 Å². The van der Waals surface area contributed by atoms with E-state index in [0.717, 1.165) is 5.69 Å². The van der Waals surface area contributed by atoms with Crippen molar-refractivity contribution in [2.75, 3.05) is 7.11 Å². The van der Waals surface area contributed by atoms with Crippen molar-refractivity contribution < 1.29 is 19.4 Å². The fourth-order valence-corrected chi connectivity index (χ4v) is 2.74. The zero-order valence-electron chi connectivity index (χ0n) is 15.1. The van der Waals surface area contributed by atoms with Gasteiger partial charge in [-0.25, -0.2) is 9.48 Å². The summed E-state index contributed by atoms with van der Waals surface area (Å²) in [5, 5.41) is 19.1. The molecular formula is C19H18ClN3O4. The molecule has 0 saturated heterocycles. The van der Waals surface area contributed by atoms with Crippen molar-refractivity contribution in [2.24, 2.45) is 0 Å². The summed E-state index contributed by atoms with van der Waals surface area (Å²) in [5.74, 6) is -0.286. The summed E-state index contributed by atoms with van der Waals surface area (Å²) >= 11 is 5.89. The van der Waals surface area contributed by atoms with Crippen molar-refractivity contribution >= 4 is 17.6 Å². The van der Waals surface area contributed by atoms with Crippen LogP contribution in [0.25, 0.3) is 5.69 Å². The number of phenols is 1. The first-order chi connectivity index (χ1) is 12.9. The molecule has 0 spiro atoms. The second-order valence-corrected chi connectivity index (χ2v) is 6.39. The number of methoxy groups -OCH3 is 1. The van der Waals surface area contributed by atoms with E-state index in [2.05, 4.69) is 10.3 Å². The number of aromatic hydroxyl groups is 1. The first-order valence-electron chi connectivity index (χ1n) is 8.12. The highest BCUT2D eigenvalue weighted by Crippen LogP contribution is 2.34. The third kappa shape index (κ3) is 3.88. The molecule has 1 N–H and O–H groups in total. The predicted octanol–water partition coefficient (Wildman–Crippen LogP) is 3.61. The first-order valence-corrected chi connectivity index (χ1v) is 8.50. The van der Waals surface area contributed by atoms with Crippen molar-refractivity contribution in [3.63, 3.8) is 0 Å². The molecule has 2 aromatic carbocycles. The molecule has 0 saturated carbocycles. The quantitative estimate of drug-likeness (QED) is 0.673. The minimum Gasteiger partial charge on any atom is -0.507 e. The van der Waals surface area contributed by atoms with Crippen LogP contribution < -0.4 is 4.74 Å². The number of carbonyl (C=O) groups excluding carboxylic acids is 1. The fourth-order valence-electron chi connectivity index (χ4n) is 2.61. The number of halogens is 1. The lowest BCUT2D eigenvalue weighted by Gasteiger charge is -2.14. The summed E-state index contributed by atoms with van der Waals surface area (Å²) in [5.41, 5.74) is 2.58. The van der Waals surface area contributed by atoms with E-state index in [-0.39, 0.29) is 17.9 Å². The number of aryl methyl sites for hydroxylation is 1. The maximum atomic E-state index is 11.8. The summed E-state index contributed by atoms with van der Waals surface area (Å²) in [6.45, 7) is 3.53. The number of nitrogens with zero attached hydrogens (tertiary/aromatic N) is 3. The molecule has 8 heteroatoms. The lowest BCUT2D eigenvalue weighted by Crippen LogP contribution is -2.07. The minimum absolute atomic E-state index is 0.135. The molecule has 0 radical (unpaired) electrons. The molecule has 0 fully saturated rings. The highest BCUT2D eigenvalue weighted by atomic mass is 35.5. The van der Waals surface area contributed by atoms with Crippen LogP contribution in [0.2, 0.25) is 5.02 Å². The van der Waals surface area contributed by atoms with Crippen LogP contribution in [0.4, 0.5) is 0 Å². The van der Waals surface area contributed by atoms with Gasteiger partial charge in [0.05, 0.1) is 19.0 Å². The fraction of sp³-hybridized carbons (Fsp3) is 0.211. The van der Waals surface area contributed by atoms with Gasteiger partial charge in [-0.2, -0.15) is 0 Å². The predicted molar refractivity (Wildman–Crippen MR) is 99.6 cm³/mol. The largest absolute Gasteiger partial charge is 0.507 e. The van der Waals surface area contributed by atoms with E-state index < -0.39 is 5.97 Å². The van der Waals surface area contributed by atoms with E-state index in [1.165, 1.54) is 7.11 Å². The Bertz CT molecular complexity index is 983. The first kappa shape index (κ1) is 18.7. The van der Waals surface area contributed by atoms with Crippen LogP contribution in [0.5, 0.6) is 11.5 Å². The second-order valence-electron chi connectivity index (χ2n) is 5.95. The topological polar surface area (TPSA) is 86.5 Å². The van der Waals surface area contributed by atoms with Gasteiger partial charge in [-0.1, -0.05) is 16.8 Å². The number of hydrogen-bond donors (Lipinski definition) is 1. The molecule has 1 heterocycles. The maximum Gasteiger partial charge on any atom is 0.341 e. The smallest absolute Gasteiger partial charge is 0.341 e. The number of aromatic nitrogens is 3. The zero-order valence-corrected chi connectivity index (χ0v) is 15.8. The molecule has 140 valence electrons. The number of esters is 1. The van der Waals surface area contributed by atoms with Gasteiger partial charge in [-0.15, -0.1) is 5.10 Å². The Morgan fingerprint density at radius 1 is 1.26 bits per heavy atom. The lowest BCUT2D eigenvalue weighted by atomic mass is 10.0. The molecule has 0 aliphatic heterocycles. The molecule has 7 nitrogen and oxygen atoms in total. The Balaban J connectivity index is 1.78. The van der Waals surface area contributed by atoms with Gasteiger partial charge in [0.1, 0.15) is 29.4 Å². The standard InChI is InChI=1S/C19H18ClN3O4/c1-11-8-16(12(2)18(24)17(11)19(25)26-3)27-10-14-9-23(22-21-14)15-6-4-13(20)5-7-15/h4-9,24H,10H2,1-3H3. The van der Waals surface area contributed by atoms with Gasteiger partial charge in [0.15, 0.2) is 0 Å². The van der Waals surface area contributed by atoms with E-state index >= 15 is 0 Å². The second kappa shape index (κ2) is 7.67. The molecule has 3 rings (SSSR count). The van der Waals surface area contributed by atoms with Crippen LogP contribution in [-0.4, -0.2) is 33.2 Å². The van der Waals surface area contributed by atoms with E-state index in [0.29, 0.717) is 27.6 Å². The van der Waals surface area contributed by atoms with Gasteiger partial charge in [-0.3, -0.25) is 0 Å². The average Bonchev–Trinajstić information content (AvgIpc) is 3.13. The minimum atomic E-state index is -0.592. The molecule has 1 aromatic heterocycles. The summed E-state index contributed by atoms with van der Waals surface area (Å²) < 4.78 is 12.1. The van der Waals surface area contributed by atoms with E-state index in [1.54, 1.807) is 42.9 Å². The molecule has 27 heavy (non-hydrogen) atoms.